The van der Waals surface area contributed by atoms with Gasteiger partial charge in [0.25, 0.3) is 0 Å². The molecule has 5 heteroatoms. The van der Waals surface area contributed by atoms with E-state index in [2.05, 4.69) is 15.9 Å². The normalized spacial score (nSPS) is 11.8. The van der Waals surface area contributed by atoms with Crippen molar-refractivity contribution < 1.29 is 9.90 Å². The van der Waals surface area contributed by atoms with Gasteiger partial charge in [0.1, 0.15) is 6.04 Å². The van der Waals surface area contributed by atoms with Crippen molar-refractivity contribution >= 4 is 38.9 Å². The molecule has 0 saturated heterocycles. The van der Waals surface area contributed by atoms with Gasteiger partial charge >= 0.3 is 5.97 Å². The Morgan fingerprint density at radius 1 is 1.78 bits per heavy atom. The summed E-state index contributed by atoms with van der Waals surface area (Å²) in [6, 6.07) is -0.714. The second-order valence-corrected chi connectivity index (χ2v) is 2.22. The third-order valence-corrected chi connectivity index (χ3v) is 1.20. The van der Waals surface area contributed by atoms with Crippen LogP contribution in [-0.2, 0) is 4.79 Å². The van der Waals surface area contributed by atoms with E-state index in [1.54, 1.807) is 0 Å². The molecular formula is C4H9Br2NO2. The van der Waals surface area contributed by atoms with E-state index in [1.807, 2.05) is 0 Å². The van der Waals surface area contributed by atoms with Crippen LogP contribution in [0.4, 0.5) is 0 Å². The summed E-state index contributed by atoms with van der Waals surface area (Å²) in [5.41, 5.74) is 5.10. The number of hydrogen-bond acceptors (Lipinski definition) is 2. The molecule has 0 aromatic heterocycles. The molecule has 0 aliphatic rings. The first-order valence-electron chi connectivity index (χ1n) is 2.23. The summed E-state index contributed by atoms with van der Waals surface area (Å²) in [7, 11) is 0. The van der Waals surface area contributed by atoms with Gasteiger partial charge in [-0.15, -0.1) is 17.0 Å². The van der Waals surface area contributed by atoms with Gasteiger partial charge in [-0.1, -0.05) is 15.9 Å². The maximum atomic E-state index is 9.94. The van der Waals surface area contributed by atoms with Crippen molar-refractivity contribution in [3.8, 4) is 0 Å². The minimum Gasteiger partial charge on any atom is -0.480 e. The van der Waals surface area contributed by atoms with Gasteiger partial charge in [0, 0.05) is 5.33 Å². The number of hydrogen-bond donors (Lipinski definition) is 2. The van der Waals surface area contributed by atoms with Crippen molar-refractivity contribution in [1.82, 2.24) is 0 Å². The number of nitrogens with two attached hydrogens (primary N) is 1. The number of halogens is 2. The van der Waals surface area contributed by atoms with E-state index in [9.17, 15) is 4.79 Å². The molecule has 0 fully saturated rings. The molecule has 1 atom stereocenters. The zero-order valence-corrected chi connectivity index (χ0v) is 8.01. The van der Waals surface area contributed by atoms with Crippen molar-refractivity contribution in [2.45, 2.75) is 12.5 Å². The molecule has 56 valence electrons. The quantitative estimate of drug-likeness (QED) is 0.739. The van der Waals surface area contributed by atoms with Crippen molar-refractivity contribution in [2.24, 2.45) is 5.73 Å². The number of carboxylic acids is 1. The first-order valence-corrected chi connectivity index (χ1v) is 3.35. The van der Waals surface area contributed by atoms with Crippen molar-refractivity contribution in [3.63, 3.8) is 0 Å². The molecule has 0 bridgehead atoms. The second kappa shape index (κ2) is 6.51. The van der Waals surface area contributed by atoms with E-state index in [0.29, 0.717) is 11.8 Å². The van der Waals surface area contributed by atoms with Gasteiger partial charge in [-0.05, 0) is 6.42 Å². The standard InChI is InChI=1S/C4H8BrNO2.BrH/c5-2-1-3(6)4(7)8;/h3H,1-2,6H2,(H,7,8);1H. The molecule has 0 aliphatic heterocycles. The van der Waals surface area contributed by atoms with Crippen LogP contribution in [-0.4, -0.2) is 22.4 Å². The zero-order chi connectivity index (χ0) is 6.57. The van der Waals surface area contributed by atoms with Crippen LogP contribution in [0.25, 0.3) is 0 Å². The highest BCUT2D eigenvalue weighted by molar-refractivity contribution is 9.09. The van der Waals surface area contributed by atoms with E-state index in [1.165, 1.54) is 0 Å². The Hall–Kier alpha value is 0.390. The SMILES string of the molecule is Br.NC(CCBr)C(=O)O. The average Bonchev–Trinajstić information content (AvgIpc) is 1.67. The second-order valence-electron chi connectivity index (χ2n) is 1.42. The van der Waals surface area contributed by atoms with Crippen LogP contribution in [0.3, 0.4) is 0 Å². The predicted molar refractivity (Wildman–Crippen MR) is 44.3 cm³/mol. The molecule has 0 aliphatic carbocycles. The number of carbonyl (C=O) groups is 1. The van der Waals surface area contributed by atoms with Crippen LogP contribution in [0.5, 0.6) is 0 Å². The summed E-state index contributed by atoms with van der Waals surface area (Å²) >= 11 is 3.07. The molecule has 0 amide bonds. The Morgan fingerprint density at radius 3 is 2.33 bits per heavy atom. The largest absolute Gasteiger partial charge is 0.480 e. The third-order valence-electron chi connectivity index (χ3n) is 0.737. The lowest BCUT2D eigenvalue weighted by Crippen LogP contribution is -2.30. The summed E-state index contributed by atoms with van der Waals surface area (Å²) in [6.45, 7) is 0. The molecule has 3 N–H and O–H groups in total. The van der Waals surface area contributed by atoms with E-state index in [0.717, 1.165) is 0 Å². The van der Waals surface area contributed by atoms with Crippen LogP contribution in [0, 0.1) is 0 Å². The van der Waals surface area contributed by atoms with E-state index >= 15 is 0 Å². The minimum atomic E-state index is -0.940. The summed E-state index contributed by atoms with van der Waals surface area (Å²) < 4.78 is 0. The fraction of sp³-hybridized carbons (Fsp3) is 0.750. The average molecular weight is 263 g/mol. The topological polar surface area (TPSA) is 63.3 Å². The number of carboxylic acid groups (broad SMARTS) is 1. The Bertz CT molecular complexity index is 88.6. The lowest BCUT2D eigenvalue weighted by molar-refractivity contribution is -0.138. The van der Waals surface area contributed by atoms with Gasteiger partial charge in [-0.25, -0.2) is 0 Å². The molecule has 1 unspecified atom stereocenters. The van der Waals surface area contributed by atoms with Gasteiger partial charge in [0.15, 0.2) is 0 Å². The molecule has 0 saturated carbocycles. The molecule has 0 heterocycles. The third kappa shape index (κ3) is 6.27. The monoisotopic (exact) mass is 261 g/mol. The Kier molecular flexibility index (Phi) is 8.75. The lowest BCUT2D eigenvalue weighted by Gasteiger charge is -1.99. The highest BCUT2D eigenvalue weighted by atomic mass is 79.9. The summed E-state index contributed by atoms with van der Waals surface area (Å²) in [4.78, 5) is 9.94. The van der Waals surface area contributed by atoms with Crippen molar-refractivity contribution in [1.29, 1.82) is 0 Å². The summed E-state index contributed by atoms with van der Waals surface area (Å²) in [6.07, 6.45) is 0.481. The van der Waals surface area contributed by atoms with Crippen molar-refractivity contribution in [3.05, 3.63) is 0 Å². The molecule has 9 heavy (non-hydrogen) atoms. The molecule has 0 aromatic rings. The highest BCUT2D eigenvalue weighted by Gasteiger charge is 2.08. The number of alkyl halides is 1. The van der Waals surface area contributed by atoms with Crippen LogP contribution >= 0.6 is 32.9 Å². The van der Waals surface area contributed by atoms with E-state index in [4.69, 9.17) is 10.8 Å². The van der Waals surface area contributed by atoms with Gasteiger partial charge in [-0.2, -0.15) is 0 Å². The number of rotatable bonds is 3. The van der Waals surface area contributed by atoms with Gasteiger partial charge in [0.05, 0.1) is 0 Å². The van der Waals surface area contributed by atoms with Crippen LogP contribution in [0.15, 0.2) is 0 Å². The van der Waals surface area contributed by atoms with Crippen LogP contribution in [0.2, 0.25) is 0 Å². The van der Waals surface area contributed by atoms with Crippen LogP contribution in [0.1, 0.15) is 6.42 Å². The van der Waals surface area contributed by atoms with E-state index < -0.39 is 12.0 Å². The molecule has 0 aromatic carbocycles. The number of aliphatic carboxylic acids is 1. The molecular weight excluding hydrogens is 254 g/mol. The first kappa shape index (κ1) is 12.1. The predicted octanol–water partition coefficient (Wildman–Crippen LogP) is 0.761. The fourth-order valence-corrected chi connectivity index (χ4v) is 0.734. The van der Waals surface area contributed by atoms with Crippen molar-refractivity contribution in [2.75, 3.05) is 5.33 Å². The lowest BCUT2D eigenvalue weighted by atomic mass is 10.2. The maximum Gasteiger partial charge on any atom is 0.320 e. The smallest absolute Gasteiger partial charge is 0.320 e. The Morgan fingerprint density at radius 2 is 2.22 bits per heavy atom. The summed E-state index contributed by atoms with van der Waals surface area (Å²) in [5, 5.41) is 8.81. The van der Waals surface area contributed by atoms with E-state index in [-0.39, 0.29) is 17.0 Å². The molecule has 0 spiro atoms. The molecule has 3 nitrogen and oxygen atoms in total. The Balaban J connectivity index is 0. The summed E-state index contributed by atoms with van der Waals surface area (Å²) in [5.74, 6) is -0.940. The highest BCUT2D eigenvalue weighted by Crippen LogP contribution is 1.91. The fourth-order valence-electron chi connectivity index (χ4n) is 0.241. The molecule has 0 rings (SSSR count). The molecule has 0 radical (unpaired) electrons. The first-order chi connectivity index (χ1) is 3.68. The Labute approximate surface area is 72.5 Å². The maximum absolute atomic E-state index is 9.94. The minimum absolute atomic E-state index is 0. The van der Waals surface area contributed by atoms with Crippen LogP contribution < -0.4 is 5.73 Å². The van der Waals surface area contributed by atoms with Gasteiger partial charge in [-0.3, -0.25) is 4.79 Å². The van der Waals surface area contributed by atoms with Gasteiger partial charge < -0.3 is 10.8 Å². The zero-order valence-electron chi connectivity index (χ0n) is 4.71. The van der Waals surface area contributed by atoms with Gasteiger partial charge in [0.2, 0.25) is 0 Å².